The molecular weight excluding hydrogens is 359 g/mol. The number of halogens is 4. The largest absolute Gasteiger partial charge is 0.417 e. The molecule has 0 spiro atoms. The van der Waals surface area contributed by atoms with E-state index in [4.69, 9.17) is 0 Å². The summed E-state index contributed by atoms with van der Waals surface area (Å²) in [4.78, 5) is 12.0. The molecule has 6 heteroatoms. The molecule has 0 heterocycles. The van der Waals surface area contributed by atoms with Gasteiger partial charge >= 0.3 is 6.18 Å². The van der Waals surface area contributed by atoms with Crippen molar-refractivity contribution >= 4 is 21.8 Å². The van der Waals surface area contributed by atoms with Crippen LogP contribution in [0.4, 0.5) is 13.2 Å². The van der Waals surface area contributed by atoms with Gasteiger partial charge in [0.2, 0.25) is 0 Å². The van der Waals surface area contributed by atoms with E-state index >= 15 is 0 Å². The second-order valence-electron chi connectivity index (χ2n) is 4.68. The van der Waals surface area contributed by atoms with Crippen molar-refractivity contribution in [3.63, 3.8) is 0 Å². The number of rotatable bonds is 4. The summed E-state index contributed by atoms with van der Waals surface area (Å²) in [6.07, 6.45) is -4.01. The Labute approximate surface area is 134 Å². The Bertz CT molecular complexity index is 656. The number of benzene rings is 2. The minimum Gasteiger partial charge on any atom is -0.352 e. The van der Waals surface area contributed by atoms with Crippen molar-refractivity contribution in [2.24, 2.45) is 0 Å². The van der Waals surface area contributed by atoms with Crippen molar-refractivity contribution in [3.05, 3.63) is 69.7 Å². The van der Waals surface area contributed by atoms with Gasteiger partial charge in [0.15, 0.2) is 0 Å². The van der Waals surface area contributed by atoms with Crippen LogP contribution in [0.1, 0.15) is 21.5 Å². The highest BCUT2D eigenvalue weighted by Crippen LogP contribution is 2.33. The smallest absolute Gasteiger partial charge is 0.352 e. The van der Waals surface area contributed by atoms with Gasteiger partial charge in [-0.15, -0.1) is 0 Å². The zero-order valence-corrected chi connectivity index (χ0v) is 13.0. The summed E-state index contributed by atoms with van der Waals surface area (Å²) < 4.78 is 39.2. The zero-order valence-electron chi connectivity index (χ0n) is 11.5. The zero-order chi connectivity index (χ0) is 16.2. The lowest BCUT2D eigenvalue weighted by Gasteiger charge is -2.13. The van der Waals surface area contributed by atoms with Crippen LogP contribution in [-0.4, -0.2) is 12.5 Å². The molecule has 2 nitrogen and oxygen atoms in total. The molecule has 0 radical (unpaired) electrons. The Morgan fingerprint density at radius 2 is 1.77 bits per heavy atom. The molecule has 0 unspecified atom stereocenters. The second kappa shape index (κ2) is 6.96. The first kappa shape index (κ1) is 16.5. The van der Waals surface area contributed by atoms with Crippen LogP contribution in [0.3, 0.4) is 0 Å². The molecule has 2 aromatic carbocycles. The summed E-state index contributed by atoms with van der Waals surface area (Å²) in [6, 6.07) is 12.9. The van der Waals surface area contributed by atoms with Gasteiger partial charge in [0.25, 0.3) is 5.91 Å². The Hall–Kier alpha value is -1.82. The number of alkyl halides is 3. The summed E-state index contributed by atoms with van der Waals surface area (Å²) in [6.45, 7) is 0.274. The van der Waals surface area contributed by atoms with E-state index in [9.17, 15) is 18.0 Å². The minimum atomic E-state index is -4.57. The molecule has 22 heavy (non-hydrogen) atoms. The van der Waals surface area contributed by atoms with Crippen LogP contribution in [0, 0.1) is 0 Å². The van der Waals surface area contributed by atoms with E-state index in [-0.39, 0.29) is 16.6 Å². The first-order valence-electron chi connectivity index (χ1n) is 6.57. The standard InChI is InChI=1S/C16H13BrF3NO/c17-12-6-7-13(14(10-12)16(18,19)20)15(22)21-9-8-11-4-2-1-3-5-11/h1-7,10H,8-9H2,(H,21,22). The van der Waals surface area contributed by atoms with Crippen LogP contribution in [0.25, 0.3) is 0 Å². The van der Waals surface area contributed by atoms with Crippen LogP contribution in [0.15, 0.2) is 53.0 Å². The first-order chi connectivity index (χ1) is 10.4. The van der Waals surface area contributed by atoms with E-state index in [2.05, 4.69) is 21.2 Å². The van der Waals surface area contributed by atoms with E-state index in [1.165, 1.54) is 12.1 Å². The molecule has 0 saturated heterocycles. The molecule has 0 atom stereocenters. The first-order valence-corrected chi connectivity index (χ1v) is 7.36. The number of carbonyl (C=O) groups excluding carboxylic acids is 1. The lowest BCUT2D eigenvalue weighted by molar-refractivity contribution is -0.138. The average molecular weight is 372 g/mol. The maximum atomic E-state index is 13.0. The number of hydrogen-bond donors (Lipinski definition) is 1. The SMILES string of the molecule is O=C(NCCc1ccccc1)c1ccc(Br)cc1C(F)(F)F. The Kier molecular flexibility index (Phi) is 5.24. The maximum Gasteiger partial charge on any atom is 0.417 e. The van der Waals surface area contributed by atoms with Gasteiger partial charge in [-0.2, -0.15) is 13.2 Å². The fourth-order valence-electron chi connectivity index (χ4n) is 2.01. The second-order valence-corrected chi connectivity index (χ2v) is 5.59. The molecule has 1 amide bonds. The van der Waals surface area contributed by atoms with E-state index in [1.807, 2.05) is 30.3 Å². The van der Waals surface area contributed by atoms with Crippen molar-refractivity contribution in [2.75, 3.05) is 6.54 Å². The van der Waals surface area contributed by atoms with Gasteiger partial charge in [0.05, 0.1) is 11.1 Å². The van der Waals surface area contributed by atoms with E-state index in [0.29, 0.717) is 6.42 Å². The van der Waals surface area contributed by atoms with Gasteiger partial charge in [-0.1, -0.05) is 46.3 Å². The van der Waals surface area contributed by atoms with Crippen molar-refractivity contribution in [1.29, 1.82) is 0 Å². The third-order valence-electron chi connectivity index (χ3n) is 3.07. The monoisotopic (exact) mass is 371 g/mol. The van der Waals surface area contributed by atoms with Crippen LogP contribution >= 0.6 is 15.9 Å². The van der Waals surface area contributed by atoms with E-state index in [1.54, 1.807) is 0 Å². The van der Waals surface area contributed by atoms with E-state index < -0.39 is 17.6 Å². The van der Waals surface area contributed by atoms with Crippen LogP contribution < -0.4 is 5.32 Å². The van der Waals surface area contributed by atoms with Gasteiger partial charge in [-0.25, -0.2) is 0 Å². The molecular formula is C16H13BrF3NO. The van der Waals surface area contributed by atoms with Gasteiger partial charge in [0, 0.05) is 11.0 Å². The maximum absolute atomic E-state index is 13.0. The molecule has 0 aliphatic rings. The molecule has 2 rings (SSSR count). The summed E-state index contributed by atoms with van der Waals surface area (Å²) in [5, 5.41) is 2.53. The van der Waals surface area contributed by atoms with Crippen LogP contribution in [-0.2, 0) is 12.6 Å². The lowest BCUT2D eigenvalue weighted by atomic mass is 10.1. The van der Waals surface area contributed by atoms with Crippen LogP contribution in [0.2, 0.25) is 0 Å². The number of hydrogen-bond acceptors (Lipinski definition) is 1. The van der Waals surface area contributed by atoms with Crippen molar-refractivity contribution in [1.82, 2.24) is 5.32 Å². The predicted molar refractivity (Wildman–Crippen MR) is 81.6 cm³/mol. The van der Waals surface area contributed by atoms with Gasteiger partial charge in [0.1, 0.15) is 0 Å². The molecule has 2 aromatic rings. The van der Waals surface area contributed by atoms with Crippen molar-refractivity contribution < 1.29 is 18.0 Å². The van der Waals surface area contributed by atoms with Gasteiger partial charge in [-0.05, 0) is 30.2 Å². The van der Waals surface area contributed by atoms with Gasteiger partial charge < -0.3 is 5.32 Å². The third kappa shape index (κ3) is 4.34. The van der Waals surface area contributed by atoms with Crippen LogP contribution in [0.5, 0.6) is 0 Å². The highest BCUT2D eigenvalue weighted by atomic mass is 79.9. The number of nitrogens with one attached hydrogen (secondary N) is 1. The molecule has 0 bridgehead atoms. The van der Waals surface area contributed by atoms with Gasteiger partial charge in [-0.3, -0.25) is 4.79 Å². The summed E-state index contributed by atoms with van der Waals surface area (Å²) >= 11 is 2.99. The molecule has 116 valence electrons. The summed E-state index contributed by atoms with van der Waals surface area (Å²) in [7, 11) is 0. The normalized spacial score (nSPS) is 11.3. The molecule has 1 N–H and O–H groups in total. The number of amides is 1. The van der Waals surface area contributed by atoms with Crippen molar-refractivity contribution in [2.45, 2.75) is 12.6 Å². The highest BCUT2D eigenvalue weighted by Gasteiger charge is 2.35. The third-order valence-corrected chi connectivity index (χ3v) is 3.57. The Morgan fingerprint density at radius 1 is 1.09 bits per heavy atom. The average Bonchev–Trinajstić information content (AvgIpc) is 2.47. The molecule has 0 aromatic heterocycles. The molecule has 0 saturated carbocycles. The Morgan fingerprint density at radius 3 is 2.41 bits per heavy atom. The minimum absolute atomic E-state index is 0.274. The predicted octanol–water partition coefficient (Wildman–Crippen LogP) is 4.44. The lowest BCUT2D eigenvalue weighted by Crippen LogP contribution is -2.28. The quantitative estimate of drug-likeness (QED) is 0.845. The topological polar surface area (TPSA) is 29.1 Å². The molecule has 0 aliphatic carbocycles. The summed E-state index contributed by atoms with van der Waals surface area (Å²) in [5.74, 6) is -0.726. The fourth-order valence-corrected chi connectivity index (χ4v) is 2.37. The number of carbonyl (C=O) groups is 1. The van der Waals surface area contributed by atoms with Crippen molar-refractivity contribution in [3.8, 4) is 0 Å². The molecule has 0 aliphatic heterocycles. The van der Waals surface area contributed by atoms with E-state index in [0.717, 1.165) is 11.6 Å². The molecule has 0 fully saturated rings. The highest BCUT2D eigenvalue weighted by molar-refractivity contribution is 9.10. The Balaban J connectivity index is 2.07. The fraction of sp³-hybridized carbons (Fsp3) is 0.188. The summed E-state index contributed by atoms with van der Waals surface area (Å²) in [5.41, 5.74) is -0.308.